The highest BCUT2D eigenvalue weighted by Crippen LogP contribution is 2.22. The number of aliphatic carboxylic acids is 2. The molecule has 0 rings (SSSR count). The van der Waals surface area contributed by atoms with E-state index in [1.54, 1.807) is 6.08 Å². The molecule has 0 aliphatic carbocycles. The van der Waals surface area contributed by atoms with Crippen molar-refractivity contribution in [1.82, 2.24) is 0 Å². The first-order valence-corrected chi connectivity index (χ1v) is 17.4. The van der Waals surface area contributed by atoms with E-state index in [0.717, 1.165) is 44.9 Å². The SMILES string of the molecule is CCCCCCCC/C=C\CCCCCCC(C(=O)O)/C(=C/CCCCCCCCCCCCCCC)C(=O)O. The maximum absolute atomic E-state index is 11.8. The summed E-state index contributed by atoms with van der Waals surface area (Å²) in [5.41, 5.74) is 0.0871. The van der Waals surface area contributed by atoms with Gasteiger partial charge >= 0.3 is 11.9 Å². The van der Waals surface area contributed by atoms with Gasteiger partial charge in [-0.15, -0.1) is 0 Å². The van der Waals surface area contributed by atoms with Crippen molar-refractivity contribution >= 4 is 11.9 Å². The van der Waals surface area contributed by atoms with Gasteiger partial charge in [-0.3, -0.25) is 4.79 Å². The van der Waals surface area contributed by atoms with E-state index in [0.29, 0.717) is 12.8 Å². The van der Waals surface area contributed by atoms with Crippen LogP contribution in [0.3, 0.4) is 0 Å². The molecule has 0 fully saturated rings. The van der Waals surface area contributed by atoms with Gasteiger partial charge in [0.1, 0.15) is 0 Å². The highest BCUT2D eigenvalue weighted by Gasteiger charge is 2.26. The van der Waals surface area contributed by atoms with Gasteiger partial charge < -0.3 is 10.2 Å². The number of carboxylic acid groups (broad SMARTS) is 2. The van der Waals surface area contributed by atoms with Gasteiger partial charge in [0.2, 0.25) is 0 Å². The Morgan fingerprint density at radius 2 is 0.850 bits per heavy atom. The molecule has 0 amide bonds. The van der Waals surface area contributed by atoms with Gasteiger partial charge in [-0.2, -0.15) is 0 Å². The Hall–Kier alpha value is -1.58. The second-order valence-corrected chi connectivity index (χ2v) is 11.9. The van der Waals surface area contributed by atoms with E-state index < -0.39 is 17.9 Å². The van der Waals surface area contributed by atoms with Crippen LogP contribution in [0.15, 0.2) is 23.8 Å². The maximum Gasteiger partial charge on any atom is 0.332 e. The van der Waals surface area contributed by atoms with Gasteiger partial charge in [0.05, 0.1) is 5.92 Å². The van der Waals surface area contributed by atoms with E-state index in [4.69, 9.17) is 0 Å². The van der Waals surface area contributed by atoms with Crippen molar-refractivity contribution in [3.8, 4) is 0 Å². The average Bonchev–Trinajstić information content (AvgIpc) is 2.93. The summed E-state index contributed by atoms with van der Waals surface area (Å²) in [5, 5.41) is 19.4. The van der Waals surface area contributed by atoms with Crippen molar-refractivity contribution < 1.29 is 19.8 Å². The molecule has 1 unspecified atom stereocenters. The fourth-order valence-corrected chi connectivity index (χ4v) is 5.45. The van der Waals surface area contributed by atoms with Crippen LogP contribution in [0, 0.1) is 5.92 Å². The highest BCUT2D eigenvalue weighted by molar-refractivity contribution is 5.93. The quantitative estimate of drug-likeness (QED) is 0.0500. The highest BCUT2D eigenvalue weighted by atomic mass is 16.4. The second-order valence-electron chi connectivity index (χ2n) is 11.9. The van der Waals surface area contributed by atoms with Crippen LogP contribution in [0.4, 0.5) is 0 Å². The van der Waals surface area contributed by atoms with Crippen molar-refractivity contribution in [3.05, 3.63) is 23.8 Å². The van der Waals surface area contributed by atoms with Gasteiger partial charge in [0.25, 0.3) is 0 Å². The van der Waals surface area contributed by atoms with Gasteiger partial charge in [-0.05, 0) is 44.9 Å². The lowest BCUT2D eigenvalue weighted by molar-refractivity contribution is -0.144. The Bertz CT molecular complexity index is 637. The molecule has 0 aromatic heterocycles. The van der Waals surface area contributed by atoms with Crippen LogP contribution in [0.2, 0.25) is 0 Å². The second kappa shape index (κ2) is 30.4. The summed E-state index contributed by atoms with van der Waals surface area (Å²) in [5.74, 6) is -2.97. The Kier molecular flexibility index (Phi) is 29.2. The molecule has 0 aliphatic rings. The summed E-state index contributed by atoms with van der Waals surface area (Å²) in [4.78, 5) is 23.7. The van der Waals surface area contributed by atoms with E-state index in [1.165, 1.54) is 116 Å². The first-order valence-electron chi connectivity index (χ1n) is 17.4. The molecule has 1 atom stereocenters. The van der Waals surface area contributed by atoms with Gasteiger partial charge in [-0.1, -0.05) is 160 Å². The minimum atomic E-state index is -1.07. The zero-order valence-corrected chi connectivity index (χ0v) is 26.6. The molecule has 0 aromatic rings. The molecule has 0 bridgehead atoms. The third-order valence-corrected chi connectivity index (χ3v) is 8.10. The molecule has 0 saturated carbocycles. The Morgan fingerprint density at radius 1 is 0.500 bits per heavy atom. The molecule has 0 aromatic carbocycles. The molecule has 0 heterocycles. The fourth-order valence-electron chi connectivity index (χ4n) is 5.45. The topological polar surface area (TPSA) is 74.6 Å². The van der Waals surface area contributed by atoms with Crippen molar-refractivity contribution in [1.29, 1.82) is 0 Å². The van der Waals surface area contributed by atoms with Crippen molar-refractivity contribution in [2.45, 2.75) is 187 Å². The van der Waals surface area contributed by atoms with Gasteiger partial charge in [0.15, 0.2) is 0 Å². The van der Waals surface area contributed by atoms with Crippen molar-refractivity contribution in [2.24, 2.45) is 5.92 Å². The molecule has 0 aliphatic heterocycles. The summed E-state index contributed by atoms with van der Waals surface area (Å²) in [6.45, 7) is 4.51. The Labute approximate surface area is 248 Å². The Balaban J connectivity index is 3.97. The summed E-state index contributed by atoms with van der Waals surface area (Å²) >= 11 is 0. The van der Waals surface area contributed by atoms with Crippen LogP contribution in [-0.2, 0) is 9.59 Å². The largest absolute Gasteiger partial charge is 0.481 e. The van der Waals surface area contributed by atoms with Crippen LogP contribution in [-0.4, -0.2) is 22.2 Å². The summed E-state index contributed by atoms with van der Waals surface area (Å²) in [6.07, 6.45) is 38.2. The van der Waals surface area contributed by atoms with E-state index in [-0.39, 0.29) is 5.57 Å². The Morgan fingerprint density at radius 3 is 1.23 bits per heavy atom. The van der Waals surface area contributed by atoms with Crippen molar-refractivity contribution in [3.63, 3.8) is 0 Å². The number of unbranched alkanes of at least 4 members (excludes halogenated alkanes) is 23. The summed E-state index contributed by atoms with van der Waals surface area (Å²) in [6, 6.07) is 0. The third-order valence-electron chi connectivity index (χ3n) is 8.10. The van der Waals surface area contributed by atoms with E-state index in [9.17, 15) is 19.8 Å². The molecule has 0 radical (unpaired) electrons. The zero-order chi connectivity index (χ0) is 29.5. The van der Waals surface area contributed by atoms with Crippen LogP contribution in [0.25, 0.3) is 0 Å². The lowest BCUT2D eigenvalue weighted by Crippen LogP contribution is -2.21. The molecular formula is C36H66O4. The molecule has 4 heteroatoms. The van der Waals surface area contributed by atoms with E-state index >= 15 is 0 Å². The predicted octanol–water partition coefficient (Wildman–Crippen LogP) is 11.8. The smallest absolute Gasteiger partial charge is 0.332 e. The average molecular weight is 563 g/mol. The molecule has 40 heavy (non-hydrogen) atoms. The third kappa shape index (κ3) is 25.4. The van der Waals surface area contributed by atoms with E-state index in [2.05, 4.69) is 26.0 Å². The fraction of sp³-hybridized carbons (Fsp3) is 0.833. The summed E-state index contributed by atoms with van der Waals surface area (Å²) < 4.78 is 0. The standard InChI is InChI=1S/C36H66O4/c1-3-5-7-9-11-13-15-17-19-21-23-25-27-29-31-33(35(37)38)34(36(39)40)32-30-28-26-24-22-20-18-16-14-12-10-8-6-4-2/h17,19,32-33H,3-16,18,20-31H2,1-2H3,(H,37,38)(H,39,40)/b19-17-,34-32-. The van der Waals surface area contributed by atoms with Crippen molar-refractivity contribution in [2.75, 3.05) is 0 Å². The molecule has 234 valence electrons. The molecule has 2 N–H and O–H groups in total. The minimum Gasteiger partial charge on any atom is -0.481 e. The van der Waals surface area contributed by atoms with E-state index in [1.807, 2.05) is 0 Å². The van der Waals surface area contributed by atoms with Crippen LogP contribution >= 0.6 is 0 Å². The van der Waals surface area contributed by atoms with Crippen LogP contribution in [0.1, 0.15) is 187 Å². The van der Waals surface area contributed by atoms with Crippen LogP contribution in [0.5, 0.6) is 0 Å². The first kappa shape index (κ1) is 38.4. The van der Waals surface area contributed by atoms with Gasteiger partial charge in [-0.25, -0.2) is 4.79 Å². The number of hydrogen-bond donors (Lipinski definition) is 2. The number of carboxylic acids is 2. The first-order chi connectivity index (χ1) is 19.5. The number of hydrogen-bond acceptors (Lipinski definition) is 2. The number of carbonyl (C=O) groups is 2. The lowest BCUT2D eigenvalue weighted by atomic mass is 9.91. The monoisotopic (exact) mass is 562 g/mol. The van der Waals surface area contributed by atoms with Gasteiger partial charge in [0, 0.05) is 5.57 Å². The summed E-state index contributed by atoms with van der Waals surface area (Å²) in [7, 11) is 0. The predicted molar refractivity (Wildman–Crippen MR) is 172 cm³/mol. The number of allylic oxidation sites excluding steroid dienone is 3. The molecule has 0 saturated heterocycles. The normalized spacial score (nSPS) is 12.8. The lowest BCUT2D eigenvalue weighted by Gasteiger charge is -2.13. The molecular weight excluding hydrogens is 496 g/mol. The maximum atomic E-state index is 11.8. The molecule has 4 nitrogen and oxygen atoms in total. The minimum absolute atomic E-state index is 0.0871. The zero-order valence-electron chi connectivity index (χ0n) is 26.6. The van der Waals surface area contributed by atoms with Crippen LogP contribution < -0.4 is 0 Å². The number of rotatable bonds is 31. The molecule has 0 spiro atoms.